The number of Topliss-reactive ketones (excluding diaryl/α,β-unsaturated/α-hetero) is 1. The molecule has 9 nitrogen and oxygen atoms in total. The number of amides is 2. The Morgan fingerprint density at radius 1 is 1.03 bits per heavy atom. The maximum atomic E-state index is 13.0. The van der Waals surface area contributed by atoms with Crippen molar-refractivity contribution in [3.8, 4) is 0 Å². The number of hydrogen-bond donors (Lipinski definition) is 1. The number of carbonyl (C=O) groups excluding carboxylic acids is 3. The monoisotopic (exact) mass is 475 g/mol. The lowest BCUT2D eigenvalue weighted by Crippen LogP contribution is -2.33. The number of allylic oxidation sites excluding steroid dienone is 2. The van der Waals surface area contributed by atoms with Crippen LogP contribution in [-0.4, -0.2) is 44.8 Å². The highest BCUT2D eigenvalue weighted by atomic mass is 16.6. The molecule has 2 aliphatic rings. The largest absolute Gasteiger partial charge is 0.511 e. The fourth-order valence-corrected chi connectivity index (χ4v) is 4.49. The van der Waals surface area contributed by atoms with Gasteiger partial charge in [0.2, 0.25) is 0 Å². The minimum atomic E-state index is -0.504. The predicted octanol–water partition coefficient (Wildman–Crippen LogP) is 4.94. The van der Waals surface area contributed by atoms with Crippen LogP contribution in [0.3, 0.4) is 0 Å². The summed E-state index contributed by atoms with van der Waals surface area (Å²) in [6, 6.07) is 12.3. The molecule has 0 saturated heterocycles. The van der Waals surface area contributed by atoms with E-state index in [9.17, 15) is 29.6 Å². The fourth-order valence-electron chi connectivity index (χ4n) is 4.49. The molecule has 1 fully saturated rings. The highest BCUT2D eigenvalue weighted by molar-refractivity contribution is 6.25. The van der Waals surface area contributed by atoms with E-state index in [-0.39, 0.29) is 65.8 Å². The van der Waals surface area contributed by atoms with Crippen LogP contribution in [0.1, 0.15) is 60.2 Å². The molecule has 180 valence electrons. The van der Waals surface area contributed by atoms with Crippen LogP contribution in [0.4, 0.5) is 11.4 Å². The number of imide groups is 1. The maximum absolute atomic E-state index is 13.0. The molecular formula is C26H25N3O6. The van der Waals surface area contributed by atoms with E-state index >= 15 is 0 Å². The summed E-state index contributed by atoms with van der Waals surface area (Å²) in [6.07, 6.45) is 1.05. The van der Waals surface area contributed by atoms with Gasteiger partial charge in [-0.2, -0.15) is 0 Å². The number of aliphatic hydroxyl groups is 1. The molecule has 0 spiro atoms. The lowest BCUT2D eigenvalue weighted by molar-refractivity contribution is -0.384. The molecular weight excluding hydrogens is 450 g/mol. The Morgan fingerprint density at radius 3 is 2.20 bits per heavy atom. The second-order valence-corrected chi connectivity index (χ2v) is 9.51. The van der Waals surface area contributed by atoms with Gasteiger partial charge in [0, 0.05) is 31.5 Å². The zero-order valence-corrected chi connectivity index (χ0v) is 19.5. The molecule has 2 aromatic carbocycles. The van der Waals surface area contributed by atoms with Crippen LogP contribution in [0.2, 0.25) is 0 Å². The minimum absolute atomic E-state index is 0.0687. The Labute approximate surface area is 201 Å². The SMILES string of the molecule is CC1(C)CC(=O)C(=C(O)CCCN2C(=O)c3ccccc3C2=O)C(=Nc2ccc([N+](=O)[O-])cc2)C1. The first-order valence-electron chi connectivity index (χ1n) is 11.3. The summed E-state index contributed by atoms with van der Waals surface area (Å²) < 4.78 is 0. The summed E-state index contributed by atoms with van der Waals surface area (Å²) in [5.74, 6) is -1.11. The molecule has 0 unspecified atom stereocenters. The van der Waals surface area contributed by atoms with E-state index in [0.717, 1.165) is 4.90 Å². The van der Waals surface area contributed by atoms with Crippen LogP contribution in [0.15, 0.2) is 64.9 Å². The van der Waals surface area contributed by atoms with Crippen molar-refractivity contribution >= 4 is 34.7 Å². The zero-order valence-electron chi connectivity index (χ0n) is 19.5. The molecule has 1 aliphatic carbocycles. The number of fused-ring (bicyclic) bond motifs is 1. The number of nitro benzene ring substituents is 1. The first-order chi connectivity index (χ1) is 16.6. The molecule has 2 aromatic rings. The molecule has 1 N–H and O–H groups in total. The number of benzene rings is 2. The lowest BCUT2D eigenvalue weighted by Gasteiger charge is -2.31. The average Bonchev–Trinajstić information content (AvgIpc) is 3.03. The van der Waals surface area contributed by atoms with Gasteiger partial charge in [0.1, 0.15) is 5.76 Å². The van der Waals surface area contributed by atoms with Crippen molar-refractivity contribution in [2.24, 2.45) is 10.4 Å². The Kier molecular flexibility index (Phi) is 6.34. The topological polar surface area (TPSA) is 130 Å². The maximum Gasteiger partial charge on any atom is 0.269 e. The van der Waals surface area contributed by atoms with Crippen LogP contribution in [0.5, 0.6) is 0 Å². The predicted molar refractivity (Wildman–Crippen MR) is 129 cm³/mol. The molecule has 0 radical (unpaired) electrons. The van der Waals surface area contributed by atoms with Crippen LogP contribution >= 0.6 is 0 Å². The molecule has 35 heavy (non-hydrogen) atoms. The molecule has 0 bridgehead atoms. The molecule has 1 aliphatic heterocycles. The Morgan fingerprint density at radius 2 is 1.63 bits per heavy atom. The van der Waals surface area contributed by atoms with Crippen molar-refractivity contribution in [1.82, 2.24) is 4.90 Å². The van der Waals surface area contributed by atoms with Crippen molar-refractivity contribution in [3.63, 3.8) is 0 Å². The number of rotatable bonds is 6. The van der Waals surface area contributed by atoms with Crippen LogP contribution in [-0.2, 0) is 4.79 Å². The summed E-state index contributed by atoms with van der Waals surface area (Å²) in [5, 5.41) is 21.8. The highest BCUT2D eigenvalue weighted by Gasteiger charge is 2.37. The summed E-state index contributed by atoms with van der Waals surface area (Å²) in [7, 11) is 0. The second kappa shape index (κ2) is 9.25. The van der Waals surface area contributed by atoms with Gasteiger partial charge >= 0.3 is 0 Å². The Bertz CT molecular complexity index is 1260. The highest BCUT2D eigenvalue weighted by Crippen LogP contribution is 2.37. The molecule has 0 atom stereocenters. The van der Waals surface area contributed by atoms with Crippen molar-refractivity contribution in [1.29, 1.82) is 0 Å². The Balaban J connectivity index is 1.54. The van der Waals surface area contributed by atoms with Crippen LogP contribution in [0.25, 0.3) is 0 Å². The fraction of sp³-hybridized carbons (Fsp3) is 0.308. The van der Waals surface area contributed by atoms with Gasteiger partial charge in [-0.15, -0.1) is 0 Å². The van der Waals surface area contributed by atoms with E-state index in [1.807, 2.05) is 13.8 Å². The normalized spacial score (nSPS) is 19.8. The number of non-ortho nitro benzene ring substituents is 1. The van der Waals surface area contributed by atoms with Crippen molar-refractivity contribution in [2.45, 2.75) is 39.5 Å². The first-order valence-corrected chi connectivity index (χ1v) is 11.3. The molecule has 2 amide bonds. The number of aliphatic hydroxyl groups excluding tert-OH is 1. The van der Waals surface area contributed by atoms with Gasteiger partial charge in [0.25, 0.3) is 17.5 Å². The molecule has 1 heterocycles. The third-order valence-corrected chi connectivity index (χ3v) is 6.14. The van der Waals surface area contributed by atoms with Crippen molar-refractivity contribution < 1.29 is 24.4 Å². The van der Waals surface area contributed by atoms with E-state index in [2.05, 4.69) is 4.99 Å². The van der Waals surface area contributed by atoms with Gasteiger partial charge in [-0.25, -0.2) is 0 Å². The summed E-state index contributed by atoms with van der Waals surface area (Å²) in [6.45, 7) is 3.98. The van der Waals surface area contributed by atoms with Gasteiger partial charge in [0.05, 0.1) is 33.0 Å². The van der Waals surface area contributed by atoms with E-state index in [1.165, 1.54) is 24.3 Å². The molecule has 9 heteroatoms. The van der Waals surface area contributed by atoms with Gasteiger partial charge in [-0.3, -0.25) is 34.4 Å². The number of carbonyl (C=O) groups is 3. The second-order valence-electron chi connectivity index (χ2n) is 9.51. The molecule has 0 aromatic heterocycles. The van der Waals surface area contributed by atoms with Crippen molar-refractivity contribution in [2.75, 3.05) is 6.54 Å². The van der Waals surface area contributed by atoms with E-state index in [0.29, 0.717) is 28.9 Å². The minimum Gasteiger partial charge on any atom is -0.511 e. The van der Waals surface area contributed by atoms with E-state index in [4.69, 9.17) is 0 Å². The molecule has 4 rings (SSSR count). The molecule has 1 saturated carbocycles. The quantitative estimate of drug-likeness (QED) is 0.207. The summed E-state index contributed by atoms with van der Waals surface area (Å²) in [4.78, 5) is 54.2. The first kappa shape index (κ1) is 24.0. The van der Waals surface area contributed by atoms with Crippen molar-refractivity contribution in [3.05, 3.63) is 81.1 Å². The van der Waals surface area contributed by atoms with E-state index < -0.39 is 4.92 Å². The third kappa shape index (κ3) is 4.89. The van der Waals surface area contributed by atoms with E-state index in [1.54, 1.807) is 24.3 Å². The number of nitrogens with zero attached hydrogens (tertiary/aromatic N) is 3. The number of hydrogen-bond acceptors (Lipinski definition) is 7. The van der Waals surface area contributed by atoms with Gasteiger partial charge < -0.3 is 5.11 Å². The van der Waals surface area contributed by atoms with Gasteiger partial charge in [-0.1, -0.05) is 26.0 Å². The smallest absolute Gasteiger partial charge is 0.269 e. The Hall–Kier alpha value is -4.14. The third-order valence-electron chi connectivity index (χ3n) is 6.14. The summed E-state index contributed by atoms with van der Waals surface area (Å²) >= 11 is 0. The lowest BCUT2D eigenvalue weighted by atomic mass is 9.73. The average molecular weight is 476 g/mol. The number of ketones is 1. The number of aliphatic imine (C=N–C) groups is 1. The summed E-state index contributed by atoms with van der Waals surface area (Å²) in [5.41, 5.74) is 1.29. The van der Waals surface area contributed by atoms with Gasteiger partial charge in [0.15, 0.2) is 5.78 Å². The van der Waals surface area contributed by atoms with Crippen LogP contribution in [0, 0.1) is 15.5 Å². The standard InChI is InChI=1S/C26H25N3O6/c1-26(2)14-20(27-16-9-11-17(12-10-16)29(34)35)23(22(31)15-26)21(30)8-5-13-28-24(32)18-6-3-4-7-19(18)25(28)33/h3-4,6-7,9-12,30H,5,8,13-15H2,1-2H3. The zero-order chi connectivity index (χ0) is 25.3. The van der Waals surface area contributed by atoms with Gasteiger partial charge in [-0.05, 0) is 42.5 Å². The van der Waals surface area contributed by atoms with Crippen LogP contribution < -0.4 is 0 Å². The number of nitro groups is 1.